The van der Waals surface area contributed by atoms with E-state index in [2.05, 4.69) is 113 Å². The summed E-state index contributed by atoms with van der Waals surface area (Å²) in [4.78, 5) is 19.9. The fourth-order valence-corrected chi connectivity index (χ4v) is 6.90. The molecule has 0 radical (unpaired) electrons. The van der Waals surface area contributed by atoms with E-state index in [4.69, 9.17) is 0 Å². The van der Waals surface area contributed by atoms with Gasteiger partial charge in [0.05, 0.1) is 3.79 Å². The van der Waals surface area contributed by atoms with Crippen molar-refractivity contribution < 1.29 is 4.79 Å². The van der Waals surface area contributed by atoms with Crippen LogP contribution in [0.3, 0.4) is 0 Å². The first-order valence-electron chi connectivity index (χ1n) is 14.1. The van der Waals surface area contributed by atoms with Gasteiger partial charge in [0, 0.05) is 54.5 Å². The van der Waals surface area contributed by atoms with E-state index < -0.39 is 0 Å². The minimum atomic E-state index is -0.0768. The largest absolute Gasteiger partial charge is 0.369 e. The molecule has 1 saturated heterocycles. The number of hydrogen-bond donors (Lipinski definition) is 1. The molecule has 1 aliphatic rings. The predicted octanol–water partition coefficient (Wildman–Crippen LogP) is 9.00. The normalized spacial score (nSPS) is 14.2. The number of nitrogens with zero attached hydrogens (tertiary/aromatic N) is 2. The Kier molecular flexibility index (Phi) is 9.09. The molecule has 4 aromatic rings. The molecule has 0 unspecified atom stereocenters. The molecule has 1 aliphatic heterocycles. The van der Waals surface area contributed by atoms with E-state index in [1.807, 2.05) is 35.6 Å². The first-order chi connectivity index (χ1) is 19.3. The number of nitrogens with one attached hydrogen (secondary N) is 1. The lowest BCUT2D eigenvalue weighted by Gasteiger charge is -2.36. The standard InChI is InChI=1S/C34H38BrN3OS/c1-23(2)25-8-10-26(11-9-25)33-30(24(3)4)6-5-7-31(33)34(39)36-27-12-14-28(15-13-27)38-20-18-37(19-21-38)22-29-16-17-32(35)40-29/h5-17,23-24H,18-22H2,1-4H3,(H,36,39). The number of piperazine rings is 1. The third-order valence-corrected chi connectivity index (χ3v) is 9.31. The molecule has 5 rings (SSSR count). The Bertz CT molecular complexity index is 1440. The van der Waals surface area contributed by atoms with Gasteiger partial charge in [-0.15, -0.1) is 11.3 Å². The van der Waals surface area contributed by atoms with Gasteiger partial charge in [0.2, 0.25) is 0 Å². The lowest BCUT2D eigenvalue weighted by atomic mass is 9.87. The van der Waals surface area contributed by atoms with Crippen LogP contribution in [0.1, 0.15) is 65.9 Å². The molecule has 1 amide bonds. The van der Waals surface area contributed by atoms with Gasteiger partial charge in [0.25, 0.3) is 5.91 Å². The SMILES string of the molecule is CC(C)c1ccc(-c2c(C(=O)Nc3ccc(N4CCN(Cc5ccc(Br)s5)CC4)cc3)cccc2C(C)C)cc1. The number of carbonyl (C=O) groups is 1. The van der Waals surface area contributed by atoms with E-state index in [-0.39, 0.29) is 5.91 Å². The number of amides is 1. The topological polar surface area (TPSA) is 35.6 Å². The van der Waals surface area contributed by atoms with Crippen molar-refractivity contribution in [3.8, 4) is 11.1 Å². The van der Waals surface area contributed by atoms with Gasteiger partial charge in [0.1, 0.15) is 0 Å². The van der Waals surface area contributed by atoms with Crippen molar-refractivity contribution in [3.05, 3.63) is 104 Å². The second-order valence-corrected chi connectivity index (χ2v) is 13.7. The summed E-state index contributed by atoms with van der Waals surface area (Å²) >= 11 is 5.38. The number of hydrogen-bond acceptors (Lipinski definition) is 4. The number of halogens is 1. The van der Waals surface area contributed by atoms with Gasteiger partial charge in [-0.05, 0) is 92.5 Å². The van der Waals surface area contributed by atoms with Gasteiger partial charge in [-0.25, -0.2) is 0 Å². The molecule has 2 heterocycles. The quantitative estimate of drug-likeness (QED) is 0.215. The zero-order chi connectivity index (χ0) is 28.2. The first-order valence-corrected chi connectivity index (χ1v) is 15.8. The third-order valence-electron chi connectivity index (χ3n) is 7.70. The molecular weight excluding hydrogens is 578 g/mol. The van der Waals surface area contributed by atoms with Crippen LogP contribution in [-0.4, -0.2) is 37.0 Å². The molecule has 208 valence electrons. The number of thiophene rings is 1. The molecule has 1 N–H and O–H groups in total. The third kappa shape index (κ3) is 6.68. The van der Waals surface area contributed by atoms with Crippen LogP contribution in [-0.2, 0) is 6.54 Å². The van der Waals surface area contributed by atoms with Gasteiger partial charge in [-0.1, -0.05) is 64.1 Å². The molecular formula is C34H38BrN3OS. The first kappa shape index (κ1) is 28.6. The van der Waals surface area contributed by atoms with Crippen LogP contribution < -0.4 is 10.2 Å². The van der Waals surface area contributed by atoms with E-state index in [9.17, 15) is 4.79 Å². The highest BCUT2D eigenvalue weighted by Crippen LogP contribution is 2.34. The summed E-state index contributed by atoms with van der Waals surface area (Å²) in [5, 5.41) is 3.16. The summed E-state index contributed by atoms with van der Waals surface area (Å²) in [7, 11) is 0. The molecule has 4 nitrogen and oxygen atoms in total. The Labute approximate surface area is 251 Å². The van der Waals surface area contributed by atoms with Crippen LogP contribution in [0.25, 0.3) is 11.1 Å². The van der Waals surface area contributed by atoms with Crippen LogP contribution in [0.4, 0.5) is 11.4 Å². The summed E-state index contributed by atoms with van der Waals surface area (Å²) in [5.74, 6) is 0.698. The molecule has 0 spiro atoms. The van der Waals surface area contributed by atoms with Crippen molar-refractivity contribution >= 4 is 44.5 Å². The number of rotatable bonds is 8. The van der Waals surface area contributed by atoms with Gasteiger partial charge >= 0.3 is 0 Å². The fraction of sp³-hybridized carbons (Fsp3) is 0.324. The Morgan fingerprint density at radius 2 is 1.55 bits per heavy atom. The minimum Gasteiger partial charge on any atom is -0.369 e. The molecule has 0 bridgehead atoms. The minimum absolute atomic E-state index is 0.0768. The zero-order valence-corrected chi connectivity index (χ0v) is 26.2. The Morgan fingerprint density at radius 1 is 0.850 bits per heavy atom. The second kappa shape index (κ2) is 12.7. The zero-order valence-electron chi connectivity index (χ0n) is 23.8. The highest BCUT2D eigenvalue weighted by molar-refractivity contribution is 9.11. The highest BCUT2D eigenvalue weighted by Gasteiger charge is 2.20. The van der Waals surface area contributed by atoms with Crippen molar-refractivity contribution in [1.29, 1.82) is 0 Å². The van der Waals surface area contributed by atoms with E-state index in [0.717, 1.165) is 49.5 Å². The number of carbonyl (C=O) groups excluding carboxylic acids is 1. The highest BCUT2D eigenvalue weighted by atomic mass is 79.9. The van der Waals surface area contributed by atoms with Crippen molar-refractivity contribution in [2.24, 2.45) is 0 Å². The Morgan fingerprint density at radius 3 is 2.15 bits per heavy atom. The van der Waals surface area contributed by atoms with Crippen LogP contribution in [0, 0.1) is 0 Å². The molecule has 40 heavy (non-hydrogen) atoms. The van der Waals surface area contributed by atoms with Crippen molar-refractivity contribution in [2.75, 3.05) is 36.4 Å². The maximum Gasteiger partial charge on any atom is 0.256 e. The van der Waals surface area contributed by atoms with Gasteiger partial charge in [0.15, 0.2) is 0 Å². The average Bonchev–Trinajstić information content (AvgIpc) is 3.37. The van der Waals surface area contributed by atoms with Crippen molar-refractivity contribution in [1.82, 2.24) is 4.90 Å². The molecule has 1 fully saturated rings. The van der Waals surface area contributed by atoms with Crippen molar-refractivity contribution in [2.45, 2.75) is 46.1 Å². The molecule has 0 atom stereocenters. The summed E-state index contributed by atoms with van der Waals surface area (Å²) in [5.41, 5.74) is 7.31. The maximum atomic E-state index is 13.6. The molecule has 0 saturated carbocycles. The summed E-state index contributed by atoms with van der Waals surface area (Å²) in [6.07, 6.45) is 0. The summed E-state index contributed by atoms with van der Waals surface area (Å²) in [6.45, 7) is 13.9. The van der Waals surface area contributed by atoms with E-state index in [0.29, 0.717) is 17.4 Å². The molecule has 1 aromatic heterocycles. The lowest BCUT2D eigenvalue weighted by Crippen LogP contribution is -2.45. The number of anilines is 2. The second-order valence-electron chi connectivity index (χ2n) is 11.2. The Hall–Kier alpha value is -2.93. The van der Waals surface area contributed by atoms with Crippen LogP contribution in [0.2, 0.25) is 0 Å². The smallest absolute Gasteiger partial charge is 0.256 e. The van der Waals surface area contributed by atoms with Gasteiger partial charge in [-0.3, -0.25) is 9.69 Å². The molecule has 6 heteroatoms. The maximum absolute atomic E-state index is 13.6. The average molecular weight is 617 g/mol. The lowest BCUT2D eigenvalue weighted by molar-refractivity contribution is 0.102. The van der Waals surface area contributed by atoms with E-state index in [1.54, 1.807) is 0 Å². The molecule has 0 aliphatic carbocycles. The van der Waals surface area contributed by atoms with Crippen LogP contribution in [0.15, 0.2) is 82.6 Å². The van der Waals surface area contributed by atoms with E-state index in [1.165, 1.54) is 25.5 Å². The summed E-state index contributed by atoms with van der Waals surface area (Å²) in [6, 6.07) is 27.4. The van der Waals surface area contributed by atoms with Gasteiger partial charge in [-0.2, -0.15) is 0 Å². The fourth-order valence-electron chi connectivity index (χ4n) is 5.37. The van der Waals surface area contributed by atoms with E-state index >= 15 is 0 Å². The number of benzene rings is 3. The predicted molar refractivity (Wildman–Crippen MR) is 174 cm³/mol. The Balaban J connectivity index is 1.27. The summed E-state index contributed by atoms with van der Waals surface area (Å²) < 4.78 is 1.19. The van der Waals surface area contributed by atoms with Crippen molar-refractivity contribution in [3.63, 3.8) is 0 Å². The molecule has 3 aromatic carbocycles. The van der Waals surface area contributed by atoms with Crippen LogP contribution >= 0.6 is 27.3 Å². The van der Waals surface area contributed by atoms with Crippen LogP contribution in [0.5, 0.6) is 0 Å². The van der Waals surface area contributed by atoms with Gasteiger partial charge < -0.3 is 10.2 Å². The monoisotopic (exact) mass is 615 g/mol.